The molecule has 0 spiro atoms. The first-order valence-corrected chi connectivity index (χ1v) is 12.4. The highest BCUT2D eigenvalue weighted by molar-refractivity contribution is 7.11. The number of aryl methyl sites for hydroxylation is 1. The number of amides is 2. The van der Waals surface area contributed by atoms with Crippen molar-refractivity contribution in [2.75, 3.05) is 31.1 Å². The summed E-state index contributed by atoms with van der Waals surface area (Å²) in [6.07, 6.45) is -1.02. The largest absolute Gasteiger partial charge is 0.419 e. The number of likely N-dealkylation sites (tertiary alicyclic amines) is 1. The maximum Gasteiger partial charge on any atom is 0.419 e. The molecule has 186 valence electrons. The van der Waals surface area contributed by atoms with Crippen molar-refractivity contribution in [3.05, 3.63) is 39.8 Å². The van der Waals surface area contributed by atoms with Gasteiger partial charge >= 0.3 is 12.2 Å². The minimum absolute atomic E-state index is 0.0830. The molecular weight excluding hydrogens is 465 g/mol. The van der Waals surface area contributed by atoms with Gasteiger partial charge in [-0.05, 0) is 45.7 Å². The molecule has 0 saturated carbocycles. The fourth-order valence-electron chi connectivity index (χ4n) is 4.79. The van der Waals surface area contributed by atoms with Crippen LogP contribution >= 0.6 is 11.3 Å². The number of carbonyl (C=O) groups is 1. The highest BCUT2D eigenvalue weighted by Crippen LogP contribution is 2.29. The van der Waals surface area contributed by atoms with E-state index in [9.17, 15) is 18.0 Å². The van der Waals surface area contributed by atoms with Gasteiger partial charge in [-0.1, -0.05) is 0 Å². The van der Waals surface area contributed by atoms with E-state index in [0.29, 0.717) is 13.1 Å². The van der Waals surface area contributed by atoms with Crippen molar-refractivity contribution in [2.45, 2.75) is 64.5 Å². The average Bonchev–Trinajstić information content (AvgIpc) is 3.18. The van der Waals surface area contributed by atoms with E-state index in [4.69, 9.17) is 0 Å². The fraction of sp³-hybridized carbons (Fsp3) is 0.609. The zero-order chi connectivity index (χ0) is 24.5. The lowest BCUT2D eigenvalue weighted by atomic mass is 10.0. The van der Waals surface area contributed by atoms with E-state index in [1.54, 1.807) is 0 Å². The summed E-state index contributed by atoms with van der Waals surface area (Å²) in [7, 11) is 0. The van der Waals surface area contributed by atoms with Gasteiger partial charge in [0.1, 0.15) is 0 Å². The summed E-state index contributed by atoms with van der Waals surface area (Å²) < 4.78 is 38.4. The van der Waals surface area contributed by atoms with Crippen molar-refractivity contribution in [3.63, 3.8) is 0 Å². The van der Waals surface area contributed by atoms with Crippen LogP contribution in [0.2, 0.25) is 0 Å². The number of anilines is 1. The Balaban J connectivity index is 1.28. The van der Waals surface area contributed by atoms with Crippen LogP contribution in [-0.2, 0) is 12.7 Å². The van der Waals surface area contributed by atoms with Crippen molar-refractivity contribution in [1.82, 2.24) is 25.1 Å². The first-order chi connectivity index (χ1) is 16.1. The third-order valence-electron chi connectivity index (χ3n) is 6.49. The summed E-state index contributed by atoms with van der Waals surface area (Å²) in [5, 5.41) is 3.20. The molecule has 11 heteroatoms. The minimum Gasteiger partial charge on any atom is -0.337 e. The van der Waals surface area contributed by atoms with Gasteiger partial charge in [0.15, 0.2) is 0 Å². The molecular formula is C23H31F3N6OS. The third-order valence-corrected chi connectivity index (χ3v) is 7.48. The number of piperazine rings is 1. The van der Waals surface area contributed by atoms with Crippen molar-refractivity contribution in [1.29, 1.82) is 0 Å². The molecule has 2 atom stereocenters. The standard InChI is InChI=1S/C23H31F3N6OS/c1-15-12-31(21-27-10-18(11-28-21)23(24,25)26)13-16(2)32(15)22(33)29-19-6-8-30(9-7-19)14-20-5-4-17(3)34-20/h4-5,10-11,15-16,19H,6-9,12-14H2,1-3H3,(H,29,33)/t15-,16+. The van der Waals surface area contributed by atoms with Crippen molar-refractivity contribution >= 4 is 23.3 Å². The van der Waals surface area contributed by atoms with Gasteiger partial charge in [-0.2, -0.15) is 13.2 Å². The van der Waals surface area contributed by atoms with Crippen molar-refractivity contribution in [2.24, 2.45) is 0 Å². The molecule has 0 radical (unpaired) electrons. The number of nitrogens with zero attached hydrogens (tertiary/aromatic N) is 5. The first-order valence-electron chi connectivity index (χ1n) is 11.6. The molecule has 0 aliphatic carbocycles. The van der Waals surface area contributed by atoms with Crippen LogP contribution in [-0.4, -0.2) is 70.1 Å². The van der Waals surface area contributed by atoms with Crippen LogP contribution in [0.15, 0.2) is 24.5 Å². The smallest absolute Gasteiger partial charge is 0.337 e. The number of nitrogens with one attached hydrogen (secondary N) is 1. The van der Waals surface area contributed by atoms with Crippen LogP contribution in [0, 0.1) is 6.92 Å². The highest BCUT2D eigenvalue weighted by atomic mass is 32.1. The zero-order valence-corrected chi connectivity index (χ0v) is 20.5. The van der Waals surface area contributed by atoms with Gasteiger partial charge in [-0.15, -0.1) is 11.3 Å². The predicted molar refractivity (Wildman–Crippen MR) is 126 cm³/mol. The number of alkyl halides is 3. The van der Waals surface area contributed by atoms with Crippen molar-refractivity contribution in [3.8, 4) is 0 Å². The molecule has 0 bridgehead atoms. The van der Waals surface area contributed by atoms with E-state index in [1.165, 1.54) is 9.75 Å². The Morgan fingerprint density at radius 1 is 1.12 bits per heavy atom. The van der Waals surface area contributed by atoms with Crippen LogP contribution < -0.4 is 10.2 Å². The monoisotopic (exact) mass is 496 g/mol. The second kappa shape index (κ2) is 10.1. The molecule has 2 aromatic heterocycles. The number of piperidine rings is 1. The second-order valence-corrected chi connectivity index (χ2v) is 10.7. The van der Waals surface area contributed by atoms with E-state index >= 15 is 0 Å². The Kier molecular flexibility index (Phi) is 7.32. The fourth-order valence-corrected chi connectivity index (χ4v) is 5.73. The van der Waals surface area contributed by atoms with Crippen LogP contribution in [0.4, 0.5) is 23.9 Å². The maximum atomic E-state index is 13.1. The summed E-state index contributed by atoms with van der Waals surface area (Å²) in [5.41, 5.74) is -0.869. The number of rotatable bonds is 4. The molecule has 2 fully saturated rings. The number of hydrogen-bond acceptors (Lipinski definition) is 6. The molecule has 1 N–H and O–H groups in total. The predicted octanol–water partition coefficient (Wildman–Crippen LogP) is 4.14. The Labute approximate surface area is 202 Å². The van der Waals surface area contributed by atoms with Gasteiger partial charge in [0.05, 0.1) is 5.56 Å². The summed E-state index contributed by atoms with van der Waals surface area (Å²) in [5.74, 6) is 0.250. The van der Waals surface area contributed by atoms with Crippen LogP contribution in [0.3, 0.4) is 0 Å². The lowest BCUT2D eigenvalue weighted by Crippen LogP contribution is -2.62. The molecule has 2 aliphatic heterocycles. The van der Waals surface area contributed by atoms with Gasteiger partial charge in [0, 0.05) is 73.0 Å². The molecule has 2 amide bonds. The van der Waals surface area contributed by atoms with E-state index in [0.717, 1.165) is 44.9 Å². The first kappa shape index (κ1) is 24.7. The van der Waals surface area contributed by atoms with E-state index in [-0.39, 0.29) is 30.1 Å². The molecule has 7 nitrogen and oxygen atoms in total. The molecule has 4 heterocycles. The Morgan fingerprint density at radius 3 is 2.26 bits per heavy atom. The molecule has 34 heavy (non-hydrogen) atoms. The average molecular weight is 497 g/mol. The molecule has 2 aliphatic rings. The number of carbonyl (C=O) groups excluding carboxylic acids is 1. The zero-order valence-electron chi connectivity index (χ0n) is 19.7. The molecule has 0 unspecified atom stereocenters. The molecule has 0 aromatic carbocycles. The quantitative estimate of drug-likeness (QED) is 0.690. The lowest BCUT2D eigenvalue weighted by Gasteiger charge is -2.45. The maximum absolute atomic E-state index is 13.1. The third kappa shape index (κ3) is 5.80. The number of urea groups is 1. The summed E-state index contributed by atoms with van der Waals surface area (Å²) in [6, 6.07) is 4.14. The van der Waals surface area contributed by atoms with Crippen LogP contribution in [0.25, 0.3) is 0 Å². The number of thiophene rings is 1. The Bertz CT molecular complexity index is 962. The van der Waals surface area contributed by atoms with Gasteiger partial charge in [0.25, 0.3) is 0 Å². The minimum atomic E-state index is -4.46. The highest BCUT2D eigenvalue weighted by Gasteiger charge is 2.36. The number of aromatic nitrogens is 2. The summed E-state index contributed by atoms with van der Waals surface area (Å²) in [4.78, 5) is 29.7. The van der Waals surface area contributed by atoms with Crippen LogP contribution in [0.1, 0.15) is 42.0 Å². The molecule has 4 rings (SSSR count). The summed E-state index contributed by atoms with van der Waals surface area (Å²) in [6.45, 7) is 9.78. The molecule has 2 aromatic rings. The van der Waals surface area contributed by atoms with Crippen molar-refractivity contribution < 1.29 is 18.0 Å². The summed E-state index contributed by atoms with van der Waals surface area (Å²) >= 11 is 1.83. The van der Waals surface area contributed by atoms with Gasteiger partial charge in [-0.25, -0.2) is 14.8 Å². The van der Waals surface area contributed by atoms with E-state index in [2.05, 4.69) is 39.2 Å². The second-order valence-electron chi connectivity index (χ2n) is 9.29. The Hall–Kier alpha value is -2.40. The SMILES string of the molecule is Cc1ccc(CN2CCC(NC(=O)N3[C@H](C)CN(c4ncc(C(F)(F)F)cn4)C[C@@H]3C)CC2)s1. The van der Waals surface area contributed by atoms with E-state index in [1.807, 2.05) is 35.0 Å². The molecule has 2 saturated heterocycles. The van der Waals surface area contributed by atoms with E-state index < -0.39 is 11.7 Å². The Morgan fingerprint density at radius 2 is 1.74 bits per heavy atom. The number of hydrogen-bond donors (Lipinski definition) is 1. The van der Waals surface area contributed by atoms with Gasteiger partial charge in [-0.3, -0.25) is 4.90 Å². The number of halogens is 3. The lowest BCUT2D eigenvalue weighted by molar-refractivity contribution is -0.138. The van der Waals surface area contributed by atoms with Gasteiger partial charge < -0.3 is 15.1 Å². The topological polar surface area (TPSA) is 64.6 Å². The normalized spacial score (nSPS) is 22.8. The van der Waals surface area contributed by atoms with Crippen LogP contribution in [0.5, 0.6) is 0 Å². The van der Waals surface area contributed by atoms with Gasteiger partial charge in [0.2, 0.25) is 5.95 Å².